The van der Waals surface area contributed by atoms with Crippen LogP contribution in [0.15, 0.2) is 48.7 Å². The van der Waals surface area contributed by atoms with Gasteiger partial charge in [-0.05, 0) is 40.7 Å². The van der Waals surface area contributed by atoms with Gasteiger partial charge in [-0.1, -0.05) is 44.2 Å². The van der Waals surface area contributed by atoms with Crippen molar-refractivity contribution < 1.29 is 14.8 Å². The van der Waals surface area contributed by atoms with Gasteiger partial charge in [-0.25, -0.2) is 0 Å². The minimum Gasteiger partial charge on any atom is -0.423 e. The van der Waals surface area contributed by atoms with Gasteiger partial charge in [-0.3, -0.25) is 4.79 Å². The van der Waals surface area contributed by atoms with Crippen molar-refractivity contribution in [3.63, 3.8) is 0 Å². The molecule has 23 heavy (non-hydrogen) atoms. The molecule has 0 spiro atoms. The number of nitrogens with one attached hydrogen (secondary N) is 1. The second-order valence-corrected chi connectivity index (χ2v) is 5.60. The molecule has 0 saturated heterocycles. The fourth-order valence-electron chi connectivity index (χ4n) is 2.28. The van der Waals surface area contributed by atoms with Crippen LogP contribution in [0.1, 0.15) is 41.3 Å². The van der Waals surface area contributed by atoms with Gasteiger partial charge in [0, 0.05) is 17.5 Å². The fraction of sp³-hybridized carbons (Fsp3) is 0.167. The van der Waals surface area contributed by atoms with E-state index in [0.717, 1.165) is 17.4 Å². The van der Waals surface area contributed by atoms with Crippen molar-refractivity contribution in [1.29, 1.82) is 0 Å². The van der Waals surface area contributed by atoms with Crippen LogP contribution in [0.3, 0.4) is 0 Å². The van der Waals surface area contributed by atoms with E-state index < -0.39 is 7.12 Å². The lowest BCUT2D eigenvalue weighted by molar-refractivity contribution is 0.112. The summed E-state index contributed by atoms with van der Waals surface area (Å²) < 4.78 is 0. The van der Waals surface area contributed by atoms with Gasteiger partial charge in [-0.2, -0.15) is 0 Å². The number of carbonyl (C=O) groups is 1. The molecule has 3 N–H and O–H groups in total. The van der Waals surface area contributed by atoms with Crippen molar-refractivity contribution in [1.82, 2.24) is 0 Å². The minimum atomic E-state index is -1.53. The second-order valence-electron chi connectivity index (χ2n) is 5.60. The molecule has 0 amide bonds. The Morgan fingerprint density at radius 1 is 1.09 bits per heavy atom. The Labute approximate surface area is 136 Å². The Hall–Kier alpha value is -2.37. The Morgan fingerprint density at radius 2 is 1.83 bits per heavy atom. The number of carbonyl (C=O) groups excluding carboxylic acids is 1. The normalized spacial score (nSPS) is 11.0. The van der Waals surface area contributed by atoms with E-state index >= 15 is 0 Å². The number of para-hydroxylation sites is 1. The maximum atomic E-state index is 11.0. The van der Waals surface area contributed by atoms with E-state index in [1.807, 2.05) is 18.2 Å². The molecule has 2 aromatic carbocycles. The molecule has 0 unspecified atom stereocenters. The average Bonchev–Trinajstić information content (AvgIpc) is 2.55. The first-order valence-electron chi connectivity index (χ1n) is 7.50. The van der Waals surface area contributed by atoms with Gasteiger partial charge >= 0.3 is 7.12 Å². The molecule has 0 radical (unpaired) electrons. The van der Waals surface area contributed by atoms with Crippen LogP contribution < -0.4 is 10.8 Å². The molecule has 118 valence electrons. The highest BCUT2D eigenvalue weighted by atomic mass is 16.4. The molecule has 2 aromatic rings. The van der Waals surface area contributed by atoms with Crippen molar-refractivity contribution in [2.24, 2.45) is 0 Å². The van der Waals surface area contributed by atoms with E-state index in [9.17, 15) is 14.8 Å². The third kappa shape index (κ3) is 4.31. The molecule has 5 heteroatoms. The lowest BCUT2D eigenvalue weighted by Crippen LogP contribution is -2.32. The largest absolute Gasteiger partial charge is 0.489 e. The van der Waals surface area contributed by atoms with Crippen molar-refractivity contribution >= 4 is 30.6 Å². The topological polar surface area (TPSA) is 69.6 Å². The lowest BCUT2D eigenvalue weighted by Gasteiger charge is -2.11. The van der Waals surface area contributed by atoms with Gasteiger partial charge in [0.2, 0.25) is 0 Å². The zero-order valence-electron chi connectivity index (χ0n) is 13.2. The number of benzene rings is 2. The molecule has 0 aromatic heterocycles. The van der Waals surface area contributed by atoms with E-state index in [4.69, 9.17) is 0 Å². The SMILES string of the molecule is CC(C)c1ccc(B(O)O)c(/C=C\Nc2ccccc2C=O)c1. The van der Waals surface area contributed by atoms with E-state index in [-0.39, 0.29) is 0 Å². The van der Waals surface area contributed by atoms with Gasteiger partial charge in [-0.15, -0.1) is 0 Å². The van der Waals surface area contributed by atoms with Gasteiger partial charge in [0.15, 0.2) is 6.29 Å². The average molecular weight is 309 g/mol. The van der Waals surface area contributed by atoms with Crippen LogP contribution in [0.4, 0.5) is 5.69 Å². The number of aldehydes is 1. The van der Waals surface area contributed by atoms with E-state index in [2.05, 4.69) is 19.2 Å². The Kier molecular flexibility index (Phi) is 5.74. The fourth-order valence-corrected chi connectivity index (χ4v) is 2.28. The second kappa shape index (κ2) is 7.76. The maximum Gasteiger partial charge on any atom is 0.489 e. The quantitative estimate of drug-likeness (QED) is 0.566. The predicted octanol–water partition coefficient (Wildman–Crippen LogP) is 2.39. The van der Waals surface area contributed by atoms with Crippen LogP contribution in [-0.2, 0) is 0 Å². The van der Waals surface area contributed by atoms with Crippen LogP contribution >= 0.6 is 0 Å². The molecule has 0 aliphatic carbocycles. The summed E-state index contributed by atoms with van der Waals surface area (Å²) >= 11 is 0. The Balaban J connectivity index is 2.27. The van der Waals surface area contributed by atoms with Crippen LogP contribution in [0.5, 0.6) is 0 Å². The van der Waals surface area contributed by atoms with Gasteiger partial charge < -0.3 is 15.4 Å². The molecular weight excluding hydrogens is 289 g/mol. The van der Waals surface area contributed by atoms with Crippen LogP contribution in [0, 0.1) is 0 Å². The lowest BCUT2D eigenvalue weighted by atomic mass is 9.76. The van der Waals surface area contributed by atoms with Crippen molar-refractivity contribution in [3.8, 4) is 0 Å². The van der Waals surface area contributed by atoms with Crippen LogP contribution in [0.2, 0.25) is 0 Å². The van der Waals surface area contributed by atoms with Crippen molar-refractivity contribution in [3.05, 3.63) is 65.4 Å². The molecule has 4 nitrogen and oxygen atoms in total. The molecular formula is C18H20BNO3. The highest BCUT2D eigenvalue weighted by Gasteiger charge is 2.15. The summed E-state index contributed by atoms with van der Waals surface area (Å²) in [6.07, 6.45) is 4.24. The summed E-state index contributed by atoms with van der Waals surface area (Å²) in [5.74, 6) is 0.343. The van der Waals surface area contributed by atoms with Gasteiger partial charge in [0.25, 0.3) is 0 Å². The molecule has 0 aliphatic heterocycles. The summed E-state index contributed by atoms with van der Waals surface area (Å²) in [5.41, 5.74) is 3.54. The summed E-state index contributed by atoms with van der Waals surface area (Å²) in [4.78, 5) is 11.0. The van der Waals surface area contributed by atoms with Crippen molar-refractivity contribution in [2.75, 3.05) is 5.32 Å². The predicted molar refractivity (Wildman–Crippen MR) is 94.8 cm³/mol. The number of anilines is 1. The standard InChI is InChI=1S/C18H20BNO3/c1-13(2)14-7-8-17(19(22)23)15(11-14)9-10-20-18-6-4-3-5-16(18)12-21/h3-13,20,22-23H,1-2H3/b10-9-. The molecule has 0 heterocycles. The first kappa shape index (κ1) is 17.0. The number of hydrogen-bond donors (Lipinski definition) is 3. The maximum absolute atomic E-state index is 11.0. The summed E-state index contributed by atoms with van der Waals surface area (Å²) in [7, 11) is -1.53. The summed E-state index contributed by atoms with van der Waals surface area (Å²) in [6.45, 7) is 4.16. The summed E-state index contributed by atoms with van der Waals surface area (Å²) in [5, 5.41) is 22.0. The van der Waals surface area contributed by atoms with E-state index in [1.54, 1.807) is 36.5 Å². The first-order chi connectivity index (χ1) is 11.0. The molecule has 0 aliphatic rings. The molecule has 0 fully saturated rings. The van der Waals surface area contributed by atoms with E-state index in [1.165, 1.54) is 0 Å². The van der Waals surface area contributed by atoms with E-state index in [0.29, 0.717) is 22.6 Å². The third-order valence-corrected chi connectivity index (χ3v) is 3.65. The zero-order valence-corrected chi connectivity index (χ0v) is 13.2. The third-order valence-electron chi connectivity index (χ3n) is 3.65. The molecule has 2 rings (SSSR count). The number of hydrogen-bond acceptors (Lipinski definition) is 4. The molecule has 0 saturated carbocycles. The number of rotatable bonds is 6. The van der Waals surface area contributed by atoms with Gasteiger partial charge in [0.1, 0.15) is 0 Å². The summed E-state index contributed by atoms with van der Waals surface area (Å²) in [6, 6.07) is 12.7. The highest BCUT2D eigenvalue weighted by Crippen LogP contribution is 2.17. The Morgan fingerprint density at radius 3 is 2.48 bits per heavy atom. The Bertz CT molecular complexity index is 711. The molecule has 0 bridgehead atoms. The van der Waals surface area contributed by atoms with Gasteiger partial charge in [0.05, 0.1) is 0 Å². The van der Waals surface area contributed by atoms with Crippen molar-refractivity contribution in [2.45, 2.75) is 19.8 Å². The minimum absolute atomic E-state index is 0.343. The van der Waals surface area contributed by atoms with Crippen LogP contribution in [0.25, 0.3) is 6.08 Å². The first-order valence-corrected chi connectivity index (χ1v) is 7.50. The smallest absolute Gasteiger partial charge is 0.423 e. The zero-order chi connectivity index (χ0) is 16.8. The van der Waals surface area contributed by atoms with Crippen LogP contribution in [-0.4, -0.2) is 23.5 Å². The monoisotopic (exact) mass is 309 g/mol. The highest BCUT2D eigenvalue weighted by molar-refractivity contribution is 6.59. The molecule has 0 atom stereocenters.